The van der Waals surface area contributed by atoms with Crippen LogP contribution >= 0.6 is 0 Å². The minimum Gasteiger partial charge on any atom is -0.371 e. The fraction of sp³-hybridized carbons (Fsp3) is 0.357. The number of hydrogen-bond acceptors (Lipinski definition) is 5. The van der Waals surface area contributed by atoms with E-state index < -0.39 is 0 Å². The van der Waals surface area contributed by atoms with Crippen molar-refractivity contribution in [1.29, 1.82) is 0 Å². The minimum atomic E-state index is 0.459. The molecule has 3 rings (SSSR count). The molecule has 2 aromatic heterocycles. The van der Waals surface area contributed by atoms with Crippen molar-refractivity contribution >= 4 is 11.6 Å². The third-order valence-electron chi connectivity index (χ3n) is 3.42. The first-order chi connectivity index (χ1) is 9.42. The Hall–Kier alpha value is -2.17. The number of rotatable bonds is 3. The molecule has 0 aliphatic carbocycles. The van der Waals surface area contributed by atoms with Crippen LogP contribution in [0.1, 0.15) is 12.8 Å². The van der Waals surface area contributed by atoms with Crippen molar-refractivity contribution in [2.24, 2.45) is 0 Å². The number of anilines is 2. The number of nitrogens with zero attached hydrogens (tertiary/aromatic N) is 4. The maximum Gasteiger partial charge on any atom is 0.222 e. The first-order valence-electron chi connectivity index (χ1n) is 6.60. The van der Waals surface area contributed by atoms with Crippen LogP contribution in [0.25, 0.3) is 0 Å². The summed E-state index contributed by atoms with van der Waals surface area (Å²) in [6, 6.07) is 6.42. The van der Waals surface area contributed by atoms with Gasteiger partial charge >= 0.3 is 0 Å². The van der Waals surface area contributed by atoms with E-state index in [1.807, 2.05) is 18.5 Å². The van der Waals surface area contributed by atoms with E-state index in [4.69, 9.17) is 0 Å². The van der Waals surface area contributed by atoms with Gasteiger partial charge in [-0.05, 0) is 31.0 Å². The smallest absolute Gasteiger partial charge is 0.222 e. The highest BCUT2D eigenvalue weighted by Crippen LogP contribution is 2.20. The van der Waals surface area contributed by atoms with Crippen molar-refractivity contribution in [3.05, 3.63) is 43.0 Å². The highest BCUT2D eigenvalue weighted by atomic mass is 15.2. The second-order valence-corrected chi connectivity index (χ2v) is 4.68. The summed E-state index contributed by atoms with van der Waals surface area (Å²) in [5, 5.41) is 3.39. The summed E-state index contributed by atoms with van der Waals surface area (Å²) in [7, 11) is 0. The van der Waals surface area contributed by atoms with Crippen LogP contribution in [0.15, 0.2) is 43.0 Å². The monoisotopic (exact) mass is 255 g/mol. The average Bonchev–Trinajstić information content (AvgIpc) is 2.50. The van der Waals surface area contributed by atoms with E-state index in [2.05, 4.69) is 37.3 Å². The van der Waals surface area contributed by atoms with Crippen molar-refractivity contribution in [1.82, 2.24) is 15.0 Å². The summed E-state index contributed by atoms with van der Waals surface area (Å²) in [6.45, 7) is 2.10. The van der Waals surface area contributed by atoms with Gasteiger partial charge in [0.05, 0.1) is 0 Å². The van der Waals surface area contributed by atoms with Gasteiger partial charge in [0, 0.05) is 49.6 Å². The second kappa shape index (κ2) is 5.65. The molecule has 0 amide bonds. The van der Waals surface area contributed by atoms with Gasteiger partial charge in [0.15, 0.2) is 0 Å². The van der Waals surface area contributed by atoms with Gasteiger partial charge in [0.2, 0.25) is 5.95 Å². The lowest BCUT2D eigenvalue weighted by Crippen LogP contribution is -2.39. The predicted octanol–water partition coefficient (Wildman–Crippen LogP) is 1.95. The van der Waals surface area contributed by atoms with Crippen LogP contribution in [0.4, 0.5) is 11.6 Å². The summed E-state index contributed by atoms with van der Waals surface area (Å²) >= 11 is 0. The Labute approximate surface area is 112 Å². The minimum absolute atomic E-state index is 0.459. The molecule has 1 fully saturated rings. The first-order valence-corrected chi connectivity index (χ1v) is 6.60. The molecule has 98 valence electrons. The van der Waals surface area contributed by atoms with Gasteiger partial charge < -0.3 is 10.2 Å². The number of pyridine rings is 1. The lowest BCUT2D eigenvalue weighted by Gasteiger charge is -2.33. The zero-order valence-electron chi connectivity index (χ0n) is 10.7. The van der Waals surface area contributed by atoms with Crippen LogP contribution in [0.3, 0.4) is 0 Å². The van der Waals surface area contributed by atoms with Gasteiger partial charge in [-0.25, -0.2) is 9.97 Å². The number of aromatic nitrogens is 3. The van der Waals surface area contributed by atoms with Crippen LogP contribution in [0, 0.1) is 0 Å². The molecule has 0 unspecified atom stereocenters. The molecule has 0 bridgehead atoms. The molecule has 19 heavy (non-hydrogen) atoms. The quantitative estimate of drug-likeness (QED) is 0.908. The van der Waals surface area contributed by atoms with E-state index in [9.17, 15) is 0 Å². The van der Waals surface area contributed by atoms with Crippen molar-refractivity contribution in [3.8, 4) is 0 Å². The molecule has 0 radical (unpaired) electrons. The molecule has 2 aromatic rings. The van der Waals surface area contributed by atoms with Gasteiger partial charge in [0.1, 0.15) is 0 Å². The van der Waals surface area contributed by atoms with Crippen molar-refractivity contribution in [3.63, 3.8) is 0 Å². The van der Waals surface area contributed by atoms with Crippen LogP contribution < -0.4 is 10.2 Å². The molecule has 3 heterocycles. The fourth-order valence-electron chi connectivity index (χ4n) is 2.39. The lowest BCUT2D eigenvalue weighted by molar-refractivity contribution is 0.524. The van der Waals surface area contributed by atoms with E-state index in [-0.39, 0.29) is 0 Å². The number of hydrogen-bond donors (Lipinski definition) is 1. The molecule has 1 N–H and O–H groups in total. The largest absolute Gasteiger partial charge is 0.371 e. The number of nitrogens with one attached hydrogen (secondary N) is 1. The summed E-state index contributed by atoms with van der Waals surface area (Å²) in [5.74, 6) is 0.727. The fourth-order valence-corrected chi connectivity index (χ4v) is 2.39. The van der Waals surface area contributed by atoms with E-state index in [1.54, 1.807) is 12.4 Å². The van der Waals surface area contributed by atoms with Gasteiger partial charge in [0.25, 0.3) is 0 Å². The Kier molecular flexibility index (Phi) is 3.54. The topological polar surface area (TPSA) is 53.9 Å². The Morgan fingerprint density at radius 1 is 1.00 bits per heavy atom. The highest BCUT2D eigenvalue weighted by molar-refractivity contribution is 5.45. The lowest BCUT2D eigenvalue weighted by atomic mass is 10.0. The Balaban J connectivity index is 1.55. The zero-order valence-corrected chi connectivity index (χ0v) is 10.7. The van der Waals surface area contributed by atoms with Gasteiger partial charge in [-0.2, -0.15) is 0 Å². The summed E-state index contributed by atoms with van der Waals surface area (Å²) < 4.78 is 0. The molecule has 5 nitrogen and oxygen atoms in total. The summed E-state index contributed by atoms with van der Waals surface area (Å²) in [6.07, 6.45) is 9.42. The zero-order chi connectivity index (χ0) is 12.9. The highest BCUT2D eigenvalue weighted by Gasteiger charge is 2.19. The van der Waals surface area contributed by atoms with E-state index in [0.717, 1.165) is 31.9 Å². The van der Waals surface area contributed by atoms with Crippen LogP contribution in [-0.4, -0.2) is 34.1 Å². The number of piperidine rings is 1. The standard InChI is InChI=1S/C14H17N5/c1-6-16-14(17-7-1)18-12-4-10-19(11-5-12)13-2-8-15-9-3-13/h1-3,6-9,12H,4-5,10-11H2,(H,16,17,18). The van der Waals surface area contributed by atoms with Crippen LogP contribution in [0.5, 0.6) is 0 Å². The Morgan fingerprint density at radius 2 is 1.68 bits per heavy atom. The van der Waals surface area contributed by atoms with E-state index >= 15 is 0 Å². The van der Waals surface area contributed by atoms with Crippen LogP contribution in [0.2, 0.25) is 0 Å². The third-order valence-corrected chi connectivity index (χ3v) is 3.42. The SMILES string of the molecule is c1cnc(NC2CCN(c3ccncc3)CC2)nc1. The molecule has 0 spiro atoms. The Bertz CT molecular complexity index is 494. The molecule has 0 aromatic carbocycles. The van der Waals surface area contributed by atoms with E-state index in [0.29, 0.717) is 6.04 Å². The summed E-state index contributed by atoms with van der Waals surface area (Å²) in [5.41, 5.74) is 1.25. The maximum absolute atomic E-state index is 4.21. The van der Waals surface area contributed by atoms with Crippen LogP contribution in [-0.2, 0) is 0 Å². The normalized spacial score (nSPS) is 16.3. The van der Waals surface area contributed by atoms with Crippen molar-refractivity contribution in [2.45, 2.75) is 18.9 Å². The van der Waals surface area contributed by atoms with E-state index in [1.165, 1.54) is 5.69 Å². The van der Waals surface area contributed by atoms with Crippen molar-refractivity contribution in [2.75, 3.05) is 23.3 Å². The second-order valence-electron chi connectivity index (χ2n) is 4.68. The maximum atomic E-state index is 4.21. The predicted molar refractivity (Wildman–Crippen MR) is 75.1 cm³/mol. The molecule has 1 saturated heterocycles. The van der Waals surface area contributed by atoms with Gasteiger partial charge in [-0.15, -0.1) is 0 Å². The molecule has 0 atom stereocenters. The van der Waals surface area contributed by atoms with Crippen molar-refractivity contribution < 1.29 is 0 Å². The molecular formula is C14H17N5. The third kappa shape index (κ3) is 2.99. The van der Waals surface area contributed by atoms with Gasteiger partial charge in [-0.1, -0.05) is 0 Å². The van der Waals surface area contributed by atoms with Gasteiger partial charge in [-0.3, -0.25) is 4.98 Å². The first kappa shape index (κ1) is 11.9. The Morgan fingerprint density at radius 3 is 2.37 bits per heavy atom. The molecular weight excluding hydrogens is 238 g/mol. The molecule has 5 heteroatoms. The molecule has 1 aliphatic rings. The molecule has 1 aliphatic heterocycles. The molecule has 0 saturated carbocycles. The summed E-state index contributed by atoms with van der Waals surface area (Å²) in [4.78, 5) is 14.9. The average molecular weight is 255 g/mol.